The fourth-order valence-corrected chi connectivity index (χ4v) is 3.58. The molecular weight excluding hydrogens is 414 g/mol. The Balaban J connectivity index is 1.76. The summed E-state index contributed by atoms with van der Waals surface area (Å²) in [6, 6.07) is 18.1. The highest BCUT2D eigenvalue weighted by molar-refractivity contribution is 7.92. The zero-order chi connectivity index (χ0) is 20.9. The number of carbonyl (C=O) groups excluding carboxylic acids is 1. The maximum Gasteiger partial charge on any atom is 0.273 e. The highest BCUT2D eigenvalue weighted by Gasteiger charge is 2.18. The van der Waals surface area contributed by atoms with Gasteiger partial charge in [0, 0.05) is 5.02 Å². The van der Waals surface area contributed by atoms with Gasteiger partial charge in [0.05, 0.1) is 22.4 Å². The number of anilines is 1. The van der Waals surface area contributed by atoms with Crippen molar-refractivity contribution < 1.29 is 18.3 Å². The van der Waals surface area contributed by atoms with Gasteiger partial charge in [-0.1, -0.05) is 23.7 Å². The first-order valence-electron chi connectivity index (χ1n) is 8.35. The summed E-state index contributed by atoms with van der Waals surface area (Å²) in [6.45, 7) is 0. The quantitative estimate of drug-likeness (QED) is 0.411. The van der Waals surface area contributed by atoms with E-state index in [0.29, 0.717) is 10.6 Å². The molecular formula is C20H16ClN3O4S. The van der Waals surface area contributed by atoms with Gasteiger partial charge in [-0.3, -0.25) is 9.52 Å². The monoisotopic (exact) mass is 429 g/mol. The van der Waals surface area contributed by atoms with Crippen molar-refractivity contribution in [3.63, 3.8) is 0 Å². The average Bonchev–Trinajstić information content (AvgIpc) is 2.70. The van der Waals surface area contributed by atoms with Crippen molar-refractivity contribution in [1.29, 1.82) is 0 Å². The minimum Gasteiger partial charge on any atom is -0.508 e. The second-order valence-electron chi connectivity index (χ2n) is 5.90. The molecule has 0 bridgehead atoms. The smallest absolute Gasteiger partial charge is 0.273 e. The molecule has 0 aliphatic rings. The van der Waals surface area contributed by atoms with Crippen LogP contribution in [-0.4, -0.2) is 25.6 Å². The molecule has 9 heteroatoms. The largest absolute Gasteiger partial charge is 0.508 e. The number of aromatic hydroxyl groups is 1. The summed E-state index contributed by atoms with van der Waals surface area (Å²) in [5, 5.41) is 13.5. The van der Waals surface area contributed by atoms with Crippen molar-refractivity contribution in [2.24, 2.45) is 5.10 Å². The van der Waals surface area contributed by atoms with Crippen LogP contribution in [0.5, 0.6) is 5.75 Å². The second-order valence-corrected chi connectivity index (χ2v) is 8.01. The normalized spacial score (nSPS) is 11.3. The number of rotatable bonds is 6. The topological polar surface area (TPSA) is 108 Å². The number of sulfonamides is 1. The van der Waals surface area contributed by atoms with E-state index in [0.717, 1.165) is 0 Å². The number of benzene rings is 3. The maximum absolute atomic E-state index is 12.6. The van der Waals surface area contributed by atoms with Crippen LogP contribution in [0.2, 0.25) is 5.02 Å². The molecule has 3 N–H and O–H groups in total. The SMILES string of the molecule is O=C(N/N=C\c1ccc(O)cc1)c1ccccc1NS(=O)(=O)c1ccc(Cl)cc1. The van der Waals surface area contributed by atoms with Crippen LogP contribution in [-0.2, 0) is 10.0 Å². The summed E-state index contributed by atoms with van der Waals surface area (Å²) in [5.41, 5.74) is 3.23. The Labute approximate surface area is 172 Å². The number of carbonyl (C=O) groups is 1. The fraction of sp³-hybridized carbons (Fsp3) is 0. The number of hydrazone groups is 1. The van der Waals surface area contributed by atoms with E-state index in [1.165, 1.54) is 54.7 Å². The molecule has 0 fully saturated rings. The van der Waals surface area contributed by atoms with Crippen LogP contribution in [0.4, 0.5) is 5.69 Å². The molecule has 3 aromatic carbocycles. The van der Waals surface area contributed by atoms with Crippen LogP contribution in [0.3, 0.4) is 0 Å². The number of nitrogens with one attached hydrogen (secondary N) is 2. The first kappa shape index (κ1) is 20.4. The van der Waals surface area contributed by atoms with Crippen LogP contribution in [0.15, 0.2) is 82.8 Å². The number of nitrogens with zero attached hydrogens (tertiary/aromatic N) is 1. The third-order valence-corrected chi connectivity index (χ3v) is 5.45. The highest BCUT2D eigenvalue weighted by atomic mass is 35.5. The van der Waals surface area contributed by atoms with Crippen molar-refractivity contribution in [1.82, 2.24) is 5.43 Å². The molecule has 7 nitrogen and oxygen atoms in total. The highest BCUT2D eigenvalue weighted by Crippen LogP contribution is 2.21. The zero-order valence-electron chi connectivity index (χ0n) is 14.9. The number of phenolic OH excluding ortho intramolecular Hbond substituents is 1. The van der Waals surface area contributed by atoms with Crippen molar-refractivity contribution in [2.75, 3.05) is 4.72 Å². The molecule has 0 aromatic heterocycles. The molecule has 29 heavy (non-hydrogen) atoms. The van der Waals surface area contributed by atoms with Gasteiger partial charge in [-0.15, -0.1) is 0 Å². The summed E-state index contributed by atoms with van der Waals surface area (Å²) < 4.78 is 27.6. The van der Waals surface area contributed by atoms with Gasteiger partial charge >= 0.3 is 0 Å². The fourth-order valence-electron chi connectivity index (χ4n) is 2.37. The lowest BCUT2D eigenvalue weighted by Gasteiger charge is -2.11. The summed E-state index contributed by atoms with van der Waals surface area (Å²) in [7, 11) is -3.90. The van der Waals surface area contributed by atoms with Gasteiger partial charge in [-0.2, -0.15) is 5.10 Å². The van der Waals surface area contributed by atoms with E-state index in [1.54, 1.807) is 24.3 Å². The zero-order valence-corrected chi connectivity index (χ0v) is 16.5. The summed E-state index contributed by atoms with van der Waals surface area (Å²) >= 11 is 5.80. The van der Waals surface area contributed by atoms with Crippen molar-refractivity contribution in [3.8, 4) is 5.75 Å². The molecule has 0 unspecified atom stereocenters. The van der Waals surface area contributed by atoms with Gasteiger partial charge in [-0.25, -0.2) is 13.8 Å². The van der Waals surface area contributed by atoms with Gasteiger partial charge in [-0.05, 0) is 66.2 Å². The number of para-hydroxylation sites is 1. The Hall–Kier alpha value is -3.36. The first-order valence-corrected chi connectivity index (χ1v) is 10.2. The van der Waals surface area contributed by atoms with Crippen LogP contribution in [0, 0.1) is 0 Å². The van der Waals surface area contributed by atoms with E-state index in [1.807, 2.05) is 0 Å². The molecule has 0 atom stereocenters. The molecule has 3 rings (SSSR count). The first-order chi connectivity index (χ1) is 13.8. The Morgan fingerprint density at radius 3 is 2.31 bits per heavy atom. The van der Waals surface area contributed by atoms with Gasteiger partial charge in [0.15, 0.2) is 0 Å². The Morgan fingerprint density at radius 2 is 1.62 bits per heavy atom. The van der Waals surface area contributed by atoms with Crippen LogP contribution in [0.25, 0.3) is 0 Å². The van der Waals surface area contributed by atoms with Crippen LogP contribution >= 0.6 is 11.6 Å². The van der Waals surface area contributed by atoms with Crippen LogP contribution in [0.1, 0.15) is 15.9 Å². The maximum atomic E-state index is 12.6. The summed E-state index contributed by atoms with van der Waals surface area (Å²) in [4.78, 5) is 12.5. The predicted octanol–water partition coefficient (Wildman–Crippen LogP) is 3.61. The molecule has 0 spiro atoms. The summed E-state index contributed by atoms with van der Waals surface area (Å²) in [6.07, 6.45) is 1.40. The van der Waals surface area contributed by atoms with E-state index < -0.39 is 15.9 Å². The molecule has 0 saturated carbocycles. The molecule has 0 aliphatic heterocycles. The van der Waals surface area contributed by atoms with Gasteiger partial charge in [0.25, 0.3) is 15.9 Å². The second kappa shape index (κ2) is 8.76. The average molecular weight is 430 g/mol. The van der Waals surface area contributed by atoms with Gasteiger partial charge < -0.3 is 5.11 Å². The molecule has 0 heterocycles. The van der Waals surface area contributed by atoms with Crippen molar-refractivity contribution in [2.45, 2.75) is 4.90 Å². The lowest BCUT2D eigenvalue weighted by atomic mass is 10.2. The van der Waals surface area contributed by atoms with Crippen molar-refractivity contribution >= 4 is 39.4 Å². The van der Waals surface area contributed by atoms with Crippen LogP contribution < -0.4 is 10.1 Å². The predicted molar refractivity (Wildman–Crippen MR) is 112 cm³/mol. The molecule has 0 radical (unpaired) electrons. The third kappa shape index (κ3) is 5.34. The number of phenols is 1. The molecule has 3 aromatic rings. The number of hydrogen-bond acceptors (Lipinski definition) is 5. The van der Waals surface area contributed by atoms with Crippen molar-refractivity contribution in [3.05, 3.63) is 88.9 Å². The Morgan fingerprint density at radius 1 is 0.966 bits per heavy atom. The molecule has 1 amide bonds. The minimum absolute atomic E-state index is 0.0162. The third-order valence-electron chi connectivity index (χ3n) is 3.81. The van der Waals surface area contributed by atoms with E-state index in [-0.39, 0.29) is 21.9 Å². The molecule has 148 valence electrons. The molecule has 0 aliphatic carbocycles. The molecule has 0 saturated heterocycles. The lowest BCUT2D eigenvalue weighted by molar-refractivity contribution is 0.0956. The minimum atomic E-state index is -3.90. The van der Waals surface area contributed by atoms with Gasteiger partial charge in [0.2, 0.25) is 0 Å². The number of hydrogen-bond donors (Lipinski definition) is 3. The summed E-state index contributed by atoms with van der Waals surface area (Å²) in [5.74, 6) is -0.470. The standard InChI is InChI=1S/C20H16ClN3O4S/c21-15-7-11-17(12-8-15)29(27,28)24-19-4-2-1-3-18(19)20(26)23-22-13-14-5-9-16(25)10-6-14/h1-13,24-25H,(H,23,26)/b22-13-. The lowest BCUT2D eigenvalue weighted by Crippen LogP contribution is -2.21. The Kier molecular flexibility index (Phi) is 6.16. The Bertz CT molecular complexity index is 1150. The number of amides is 1. The van der Waals surface area contributed by atoms with E-state index in [2.05, 4.69) is 15.2 Å². The van der Waals surface area contributed by atoms with E-state index in [9.17, 15) is 18.3 Å². The van der Waals surface area contributed by atoms with E-state index >= 15 is 0 Å². The van der Waals surface area contributed by atoms with E-state index in [4.69, 9.17) is 11.6 Å². The van der Waals surface area contributed by atoms with Gasteiger partial charge in [0.1, 0.15) is 5.75 Å². The number of halogens is 1.